The Morgan fingerprint density at radius 1 is 1.22 bits per heavy atom. The van der Waals surface area contributed by atoms with Gasteiger partial charge in [-0.05, 0) is 41.8 Å². The van der Waals surface area contributed by atoms with Gasteiger partial charge < -0.3 is 15.8 Å². The van der Waals surface area contributed by atoms with E-state index in [1.807, 2.05) is 35.0 Å². The Balaban J connectivity index is 1.84. The highest BCUT2D eigenvalue weighted by Gasteiger charge is 2.15. The molecule has 0 radical (unpaired) electrons. The number of nitrogen functional groups attached to an aromatic ring is 1. The van der Waals surface area contributed by atoms with Gasteiger partial charge in [0.2, 0.25) is 0 Å². The molecule has 7 heteroatoms. The second-order valence-corrected chi connectivity index (χ2v) is 6.93. The summed E-state index contributed by atoms with van der Waals surface area (Å²) in [6, 6.07) is 14.8. The average molecular weight is 393 g/mol. The van der Waals surface area contributed by atoms with Crippen molar-refractivity contribution in [3.63, 3.8) is 0 Å². The summed E-state index contributed by atoms with van der Waals surface area (Å²) >= 11 is 7.90. The van der Waals surface area contributed by atoms with Crippen LogP contribution in [0.1, 0.15) is 5.56 Å². The lowest BCUT2D eigenvalue weighted by Crippen LogP contribution is -1.99. The van der Waals surface area contributed by atoms with Crippen molar-refractivity contribution in [2.45, 2.75) is 0 Å². The Morgan fingerprint density at radius 3 is 2.89 bits per heavy atom. The first-order chi connectivity index (χ1) is 13.2. The van der Waals surface area contributed by atoms with Crippen molar-refractivity contribution >= 4 is 50.9 Å². The van der Waals surface area contributed by atoms with Crippen LogP contribution in [0.5, 0.6) is 11.5 Å². The zero-order chi connectivity index (χ0) is 18.8. The summed E-state index contributed by atoms with van der Waals surface area (Å²) in [5.74, 6) is 1.18. The predicted molar refractivity (Wildman–Crippen MR) is 110 cm³/mol. The van der Waals surface area contributed by atoms with Crippen molar-refractivity contribution in [3.8, 4) is 17.6 Å². The number of rotatable bonds is 4. The molecule has 0 aliphatic heterocycles. The molecule has 0 fully saturated rings. The van der Waals surface area contributed by atoms with Crippen LogP contribution in [0.3, 0.4) is 0 Å². The van der Waals surface area contributed by atoms with Crippen LogP contribution in [0.25, 0.3) is 10.9 Å². The molecular weight excluding hydrogens is 380 g/mol. The van der Waals surface area contributed by atoms with Gasteiger partial charge in [-0.15, -0.1) is 11.3 Å². The molecule has 0 spiro atoms. The first-order valence-corrected chi connectivity index (χ1v) is 9.31. The minimum Gasteiger partial charge on any atom is -0.453 e. The Morgan fingerprint density at radius 2 is 2.11 bits per heavy atom. The maximum absolute atomic E-state index is 9.54. The summed E-state index contributed by atoms with van der Waals surface area (Å²) in [6.45, 7) is 0. The number of nitrogens with two attached hydrogens (primary N) is 1. The molecule has 0 saturated heterocycles. The average Bonchev–Trinajstić information content (AvgIpc) is 3.18. The van der Waals surface area contributed by atoms with Gasteiger partial charge >= 0.3 is 0 Å². The number of halogens is 1. The minimum atomic E-state index is 0.398. The molecule has 4 aromatic rings. The monoisotopic (exact) mass is 392 g/mol. The number of benzene rings is 2. The molecule has 2 aromatic carbocycles. The molecule has 0 atom stereocenters. The van der Waals surface area contributed by atoms with E-state index in [0.29, 0.717) is 39.1 Å². The number of anilines is 3. The molecule has 4 rings (SSSR count). The van der Waals surface area contributed by atoms with Crippen LogP contribution in [0.15, 0.2) is 59.4 Å². The fraction of sp³-hybridized carbons (Fsp3) is 0. The molecule has 2 aromatic heterocycles. The molecule has 0 amide bonds. The van der Waals surface area contributed by atoms with Gasteiger partial charge in [-0.25, -0.2) is 0 Å². The number of nitrogens with one attached hydrogen (secondary N) is 1. The number of nitriles is 1. The number of nitrogens with zero attached hydrogens (tertiary/aromatic N) is 2. The van der Waals surface area contributed by atoms with E-state index in [9.17, 15) is 5.26 Å². The number of fused-ring (bicyclic) bond motifs is 1. The quantitative estimate of drug-likeness (QED) is 0.420. The zero-order valence-electron chi connectivity index (χ0n) is 13.9. The number of aromatic nitrogens is 1. The molecule has 0 aliphatic carbocycles. The predicted octanol–water partition coefficient (Wildman–Crippen LogP) is 5.94. The third-order valence-corrected chi connectivity index (χ3v) is 4.91. The van der Waals surface area contributed by atoms with Crippen LogP contribution in [0.2, 0.25) is 5.02 Å². The number of ether oxygens (including phenoxy) is 1. The van der Waals surface area contributed by atoms with Gasteiger partial charge in [0.1, 0.15) is 11.8 Å². The van der Waals surface area contributed by atoms with Gasteiger partial charge in [-0.2, -0.15) is 5.26 Å². The van der Waals surface area contributed by atoms with Gasteiger partial charge in [0.15, 0.2) is 5.75 Å². The van der Waals surface area contributed by atoms with Gasteiger partial charge in [0, 0.05) is 22.7 Å². The standard InChI is InChI=1S/C20H13ClN4OS/c21-16-2-1-3-18(20(16)26-14-6-7-27-11-14)25-19-12(9-22)10-24-17-5-4-13(23)8-15(17)19/h1-8,10-11H,23H2,(H,24,25). The van der Waals surface area contributed by atoms with Crippen LogP contribution in [-0.2, 0) is 0 Å². The summed E-state index contributed by atoms with van der Waals surface area (Å²) in [6.07, 6.45) is 1.53. The topological polar surface area (TPSA) is 84.0 Å². The summed E-state index contributed by atoms with van der Waals surface area (Å²) in [5, 5.41) is 17.8. The van der Waals surface area contributed by atoms with Crippen LogP contribution in [-0.4, -0.2) is 4.98 Å². The Bertz CT molecular complexity index is 1170. The van der Waals surface area contributed by atoms with E-state index in [-0.39, 0.29) is 0 Å². The van der Waals surface area contributed by atoms with E-state index in [1.165, 1.54) is 17.5 Å². The van der Waals surface area contributed by atoms with Crippen LogP contribution in [0, 0.1) is 11.3 Å². The van der Waals surface area contributed by atoms with E-state index >= 15 is 0 Å². The normalized spacial score (nSPS) is 10.5. The molecule has 0 aliphatic rings. The maximum Gasteiger partial charge on any atom is 0.169 e. The van der Waals surface area contributed by atoms with Crippen molar-refractivity contribution in [1.82, 2.24) is 4.98 Å². The highest BCUT2D eigenvalue weighted by molar-refractivity contribution is 7.08. The third-order valence-electron chi connectivity index (χ3n) is 3.95. The molecule has 27 heavy (non-hydrogen) atoms. The van der Waals surface area contributed by atoms with Crippen LogP contribution < -0.4 is 15.8 Å². The summed E-state index contributed by atoms with van der Waals surface area (Å²) in [4.78, 5) is 4.32. The van der Waals surface area contributed by atoms with E-state index in [1.54, 1.807) is 18.2 Å². The minimum absolute atomic E-state index is 0.398. The second-order valence-electron chi connectivity index (χ2n) is 5.74. The van der Waals surface area contributed by atoms with Crippen molar-refractivity contribution in [1.29, 1.82) is 5.26 Å². The van der Waals surface area contributed by atoms with Gasteiger partial charge in [-0.1, -0.05) is 17.7 Å². The molecule has 3 N–H and O–H groups in total. The number of pyridine rings is 1. The number of hydrogen-bond donors (Lipinski definition) is 2. The third kappa shape index (κ3) is 3.38. The first kappa shape index (κ1) is 17.2. The van der Waals surface area contributed by atoms with E-state index in [2.05, 4.69) is 16.4 Å². The van der Waals surface area contributed by atoms with Gasteiger partial charge in [0.25, 0.3) is 0 Å². The first-order valence-electron chi connectivity index (χ1n) is 7.99. The second kappa shape index (κ2) is 7.16. The molecular formula is C20H13ClN4OS. The van der Waals surface area contributed by atoms with E-state index in [4.69, 9.17) is 22.1 Å². The highest BCUT2D eigenvalue weighted by atomic mass is 35.5. The van der Waals surface area contributed by atoms with Gasteiger partial charge in [-0.3, -0.25) is 4.98 Å². The molecule has 2 heterocycles. The lowest BCUT2D eigenvalue weighted by atomic mass is 10.1. The van der Waals surface area contributed by atoms with Gasteiger partial charge in [0.05, 0.1) is 27.5 Å². The molecule has 132 valence electrons. The fourth-order valence-corrected chi connectivity index (χ4v) is 3.47. The van der Waals surface area contributed by atoms with Crippen molar-refractivity contribution in [3.05, 3.63) is 70.0 Å². The molecule has 0 bridgehead atoms. The largest absolute Gasteiger partial charge is 0.453 e. The van der Waals surface area contributed by atoms with E-state index in [0.717, 1.165) is 10.9 Å². The Kier molecular flexibility index (Phi) is 4.55. The van der Waals surface area contributed by atoms with Crippen molar-refractivity contribution in [2.24, 2.45) is 0 Å². The Labute approximate surface area is 164 Å². The maximum atomic E-state index is 9.54. The number of para-hydroxylation sites is 1. The molecule has 0 unspecified atom stereocenters. The van der Waals surface area contributed by atoms with Crippen molar-refractivity contribution in [2.75, 3.05) is 11.1 Å². The Hall–Kier alpha value is -3.27. The SMILES string of the molecule is N#Cc1cnc2ccc(N)cc2c1Nc1cccc(Cl)c1Oc1ccsc1. The molecule has 5 nitrogen and oxygen atoms in total. The fourth-order valence-electron chi connectivity index (χ4n) is 2.70. The van der Waals surface area contributed by atoms with Crippen LogP contribution in [0.4, 0.5) is 17.1 Å². The summed E-state index contributed by atoms with van der Waals surface area (Å²) in [7, 11) is 0. The zero-order valence-corrected chi connectivity index (χ0v) is 15.5. The van der Waals surface area contributed by atoms with E-state index < -0.39 is 0 Å². The summed E-state index contributed by atoms with van der Waals surface area (Å²) < 4.78 is 5.95. The lowest BCUT2D eigenvalue weighted by Gasteiger charge is -2.16. The number of thiophene rings is 1. The highest BCUT2D eigenvalue weighted by Crippen LogP contribution is 2.40. The lowest BCUT2D eigenvalue weighted by molar-refractivity contribution is 0.487. The van der Waals surface area contributed by atoms with Crippen molar-refractivity contribution < 1.29 is 4.74 Å². The smallest absolute Gasteiger partial charge is 0.169 e. The van der Waals surface area contributed by atoms with Crippen LogP contribution >= 0.6 is 22.9 Å². The number of hydrogen-bond acceptors (Lipinski definition) is 6. The molecule has 0 saturated carbocycles. The summed E-state index contributed by atoms with van der Waals surface area (Å²) in [5.41, 5.74) is 8.90.